The van der Waals surface area contributed by atoms with Gasteiger partial charge in [-0.2, -0.15) is 4.91 Å². The Morgan fingerprint density at radius 3 is 2.11 bits per heavy atom. The molecule has 0 aliphatic rings. The summed E-state index contributed by atoms with van der Waals surface area (Å²) in [5.41, 5.74) is -0.716. The molecule has 0 bridgehead atoms. The number of carbonyl (C=O) groups is 1. The van der Waals surface area contributed by atoms with Crippen LogP contribution in [0.4, 0.5) is 0 Å². The largest absolute Gasteiger partial charge is 0.300 e. The fourth-order valence-electron chi connectivity index (χ4n) is 0.641. The normalized spacial score (nSPS) is 11.0. The van der Waals surface area contributed by atoms with Crippen molar-refractivity contribution in [1.29, 1.82) is 0 Å². The predicted molar refractivity (Wildman–Crippen MR) is 35.2 cm³/mol. The van der Waals surface area contributed by atoms with Crippen molar-refractivity contribution >= 4 is 5.78 Å². The zero-order chi connectivity index (χ0) is 7.49. The van der Waals surface area contributed by atoms with Gasteiger partial charge >= 0.3 is 0 Å². The highest BCUT2D eigenvalue weighted by molar-refractivity contribution is 5.76. The molecule has 9 heavy (non-hydrogen) atoms. The van der Waals surface area contributed by atoms with Crippen LogP contribution in [0.5, 0.6) is 0 Å². The Morgan fingerprint density at radius 1 is 1.56 bits per heavy atom. The Labute approximate surface area is 54.4 Å². The molecule has 0 aromatic carbocycles. The molecule has 0 amide bonds. The molecule has 0 N–H and O–H groups in total. The molecule has 0 aliphatic heterocycles. The van der Waals surface area contributed by atoms with Gasteiger partial charge in [0.05, 0.1) is 0 Å². The average Bonchev–Trinajstić information content (AvgIpc) is 1.63. The van der Waals surface area contributed by atoms with Gasteiger partial charge in [-0.25, -0.2) is 0 Å². The first-order valence-corrected chi connectivity index (χ1v) is 2.82. The minimum Gasteiger partial charge on any atom is -0.300 e. The van der Waals surface area contributed by atoms with E-state index in [1.165, 1.54) is 6.92 Å². The molecule has 52 valence electrons. The van der Waals surface area contributed by atoms with Crippen LogP contribution >= 0.6 is 0 Å². The molecule has 0 radical (unpaired) electrons. The molecule has 3 nitrogen and oxygen atoms in total. The maximum atomic E-state index is 10.4. The summed E-state index contributed by atoms with van der Waals surface area (Å²) in [6, 6.07) is 0. The SMILES string of the molecule is CC(=O)CC(C)(C)N=O. The molecule has 0 aliphatic carbocycles. The van der Waals surface area contributed by atoms with Crippen molar-refractivity contribution in [2.45, 2.75) is 32.7 Å². The van der Waals surface area contributed by atoms with E-state index in [0.717, 1.165) is 0 Å². The number of hydrogen-bond donors (Lipinski definition) is 0. The number of ketones is 1. The van der Waals surface area contributed by atoms with E-state index in [0.29, 0.717) is 0 Å². The molecule has 0 heterocycles. The lowest BCUT2D eigenvalue weighted by Gasteiger charge is -2.10. The molecule has 0 saturated carbocycles. The minimum absolute atomic E-state index is 0.000370. The second-order valence-electron chi connectivity index (χ2n) is 2.78. The lowest BCUT2D eigenvalue weighted by atomic mass is 10.0. The van der Waals surface area contributed by atoms with Gasteiger partial charge in [0.15, 0.2) is 0 Å². The first-order valence-electron chi connectivity index (χ1n) is 2.82. The first-order chi connectivity index (χ1) is 3.98. The van der Waals surface area contributed by atoms with Crippen molar-refractivity contribution in [3.05, 3.63) is 4.91 Å². The maximum absolute atomic E-state index is 10.4. The molecular formula is C6H11NO2. The van der Waals surface area contributed by atoms with Crippen LogP contribution in [0.3, 0.4) is 0 Å². The quantitative estimate of drug-likeness (QED) is 0.542. The molecule has 0 saturated heterocycles. The standard InChI is InChI=1S/C6H11NO2/c1-5(8)4-6(2,3)7-9/h4H2,1-3H3. The smallest absolute Gasteiger partial charge is 0.132 e. The third kappa shape index (κ3) is 3.82. The van der Waals surface area contributed by atoms with Gasteiger partial charge in [0, 0.05) is 6.42 Å². The van der Waals surface area contributed by atoms with Gasteiger partial charge in [-0.3, -0.25) is 4.79 Å². The van der Waals surface area contributed by atoms with Gasteiger partial charge < -0.3 is 0 Å². The Hall–Kier alpha value is -0.730. The van der Waals surface area contributed by atoms with Crippen LogP contribution in [-0.2, 0) is 4.79 Å². The highest BCUT2D eigenvalue weighted by atomic mass is 16.3. The van der Waals surface area contributed by atoms with Crippen LogP contribution in [0.15, 0.2) is 5.18 Å². The van der Waals surface area contributed by atoms with E-state index in [1.807, 2.05) is 0 Å². The summed E-state index contributed by atoms with van der Waals surface area (Å²) in [5, 5.41) is 2.79. The Morgan fingerprint density at radius 2 is 2.00 bits per heavy atom. The summed E-state index contributed by atoms with van der Waals surface area (Å²) >= 11 is 0. The van der Waals surface area contributed by atoms with Gasteiger partial charge in [-0.1, -0.05) is 5.18 Å². The van der Waals surface area contributed by atoms with E-state index in [4.69, 9.17) is 0 Å². The van der Waals surface area contributed by atoms with Crippen LogP contribution < -0.4 is 0 Å². The number of carbonyl (C=O) groups excluding carboxylic acids is 1. The molecule has 0 rings (SSSR count). The highest BCUT2D eigenvalue weighted by Gasteiger charge is 2.19. The van der Waals surface area contributed by atoms with Crippen LogP contribution in [-0.4, -0.2) is 11.3 Å². The Kier molecular flexibility index (Phi) is 2.49. The number of Topliss-reactive ketones (excluding diaryl/α,β-unsaturated/α-hetero) is 1. The fraction of sp³-hybridized carbons (Fsp3) is 0.833. The van der Waals surface area contributed by atoms with E-state index in [2.05, 4.69) is 5.18 Å². The minimum atomic E-state index is -0.716. The molecule has 0 spiro atoms. The first kappa shape index (κ1) is 8.27. The van der Waals surface area contributed by atoms with Crippen LogP contribution in [0.1, 0.15) is 27.2 Å². The van der Waals surface area contributed by atoms with Crippen LogP contribution in [0.2, 0.25) is 0 Å². The lowest BCUT2D eigenvalue weighted by molar-refractivity contribution is -0.117. The third-order valence-electron chi connectivity index (χ3n) is 0.929. The van der Waals surface area contributed by atoms with Crippen molar-refractivity contribution in [1.82, 2.24) is 0 Å². The zero-order valence-corrected chi connectivity index (χ0v) is 5.97. The van der Waals surface area contributed by atoms with Crippen LogP contribution in [0, 0.1) is 4.91 Å². The van der Waals surface area contributed by atoms with Gasteiger partial charge in [0.1, 0.15) is 11.3 Å². The number of hydrogen-bond acceptors (Lipinski definition) is 3. The molecule has 3 heteroatoms. The van der Waals surface area contributed by atoms with Gasteiger partial charge in [-0.15, -0.1) is 0 Å². The summed E-state index contributed by atoms with van der Waals surface area (Å²) in [6.07, 6.45) is 0.233. The number of rotatable bonds is 3. The van der Waals surface area contributed by atoms with E-state index in [-0.39, 0.29) is 12.2 Å². The molecule has 0 aromatic heterocycles. The number of nitroso groups, excluding NO2 is 1. The topological polar surface area (TPSA) is 46.5 Å². The van der Waals surface area contributed by atoms with Crippen molar-refractivity contribution in [3.63, 3.8) is 0 Å². The second kappa shape index (κ2) is 2.71. The monoisotopic (exact) mass is 129 g/mol. The summed E-state index contributed by atoms with van der Waals surface area (Å²) in [6.45, 7) is 4.73. The van der Waals surface area contributed by atoms with Gasteiger partial charge in [0.2, 0.25) is 0 Å². The van der Waals surface area contributed by atoms with Crippen molar-refractivity contribution in [2.75, 3.05) is 0 Å². The average molecular weight is 129 g/mol. The second-order valence-corrected chi connectivity index (χ2v) is 2.78. The maximum Gasteiger partial charge on any atom is 0.132 e. The molecule has 0 atom stereocenters. The zero-order valence-electron chi connectivity index (χ0n) is 5.97. The molecule has 0 unspecified atom stereocenters. The van der Waals surface area contributed by atoms with Crippen molar-refractivity contribution in [3.8, 4) is 0 Å². The number of nitrogens with zero attached hydrogens (tertiary/aromatic N) is 1. The summed E-state index contributed by atoms with van der Waals surface area (Å²) in [5.74, 6) is -0.000370. The van der Waals surface area contributed by atoms with E-state index >= 15 is 0 Å². The molecule has 0 aromatic rings. The highest BCUT2D eigenvalue weighted by Crippen LogP contribution is 2.12. The predicted octanol–water partition coefficient (Wildman–Crippen LogP) is 1.51. The van der Waals surface area contributed by atoms with Gasteiger partial charge in [-0.05, 0) is 20.8 Å². The summed E-state index contributed by atoms with van der Waals surface area (Å²) < 4.78 is 0. The fourth-order valence-corrected chi connectivity index (χ4v) is 0.641. The van der Waals surface area contributed by atoms with Crippen molar-refractivity contribution in [2.24, 2.45) is 5.18 Å². The molecular weight excluding hydrogens is 118 g/mol. The third-order valence-corrected chi connectivity index (χ3v) is 0.929. The Balaban J connectivity index is 3.86. The van der Waals surface area contributed by atoms with E-state index < -0.39 is 5.54 Å². The van der Waals surface area contributed by atoms with E-state index in [9.17, 15) is 9.70 Å². The van der Waals surface area contributed by atoms with Crippen LogP contribution in [0.25, 0.3) is 0 Å². The molecule has 0 fully saturated rings. The summed E-state index contributed by atoms with van der Waals surface area (Å²) in [7, 11) is 0. The summed E-state index contributed by atoms with van der Waals surface area (Å²) in [4.78, 5) is 20.4. The van der Waals surface area contributed by atoms with Crippen molar-refractivity contribution < 1.29 is 4.79 Å². The Bertz CT molecular complexity index is 129. The lowest BCUT2D eigenvalue weighted by Crippen LogP contribution is -2.19. The van der Waals surface area contributed by atoms with E-state index in [1.54, 1.807) is 13.8 Å². The van der Waals surface area contributed by atoms with Gasteiger partial charge in [0.25, 0.3) is 0 Å².